The third-order valence-corrected chi connectivity index (χ3v) is 9.54. The first kappa shape index (κ1) is 32.6. The van der Waals surface area contributed by atoms with Crippen LogP contribution in [0.5, 0.6) is 5.75 Å². The molecule has 3 aromatic rings. The number of urea groups is 1. The first-order chi connectivity index (χ1) is 21.6. The van der Waals surface area contributed by atoms with E-state index in [-0.39, 0.29) is 53.0 Å². The monoisotopic (exact) mass is 659 g/mol. The number of hydrogen-bond acceptors (Lipinski definition) is 6. The van der Waals surface area contributed by atoms with Crippen LogP contribution in [-0.2, 0) is 35.5 Å². The molecule has 5 rings (SSSR count). The number of carbonyl (C=O) groups is 2. The number of benzene rings is 2. The zero-order valence-electron chi connectivity index (χ0n) is 25.1. The van der Waals surface area contributed by atoms with E-state index in [1.54, 1.807) is 18.1 Å². The summed E-state index contributed by atoms with van der Waals surface area (Å²) in [5.74, 6) is -0.0484. The van der Waals surface area contributed by atoms with Crippen LogP contribution in [0.15, 0.2) is 52.2 Å². The van der Waals surface area contributed by atoms with Crippen LogP contribution in [0.1, 0.15) is 24.8 Å². The fraction of sp³-hybridized carbons (Fsp3) is 0.419. The zero-order valence-corrected chi connectivity index (χ0v) is 26.7. The van der Waals surface area contributed by atoms with Gasteiger partial charge < -0.3 is 24.4 Å². The Bertz CT molecular complexity index is 1700. The molecule has 2 aliphatic heterocycles. The van der Waals surface area contributed by atoms with Gasteiger partial charge in [0.2, 0.25) is 5.91 Å². The predicted octanol–water partition coefficient (Wildman–Crippen LogP) is 3.33. The molecule has 2 aliphatic rings. The Morgan fingerprint density at radius 1 is 1.13 bits per heavy atom. The van der Waals surface area contributed by atoms with E-state index in [0.717, 1.165) is 32.2 Å². The van der Waals surface area contributed by atoms with Crippen molar-refractivity contribution in [3.05, 3.63) is 79.8 Å². The number of likely N-dealkylation sites (tertiary alicyclic amines) is 1. The van der Waals surface area contributed by atoms with Crippen LogP contribution in [0, 0.1) is 5.82 Å². The molecule has 1 atom stereocenters. The molecule has 45 heavy (non-hydrogen) atoms. The van der Waals surface area contributed by atoms with Gasteiger partial charge in [0.25, 0.3) is 5.56 Å². The van der Waals surface area contributed by atoms with Crippen molar-refractivity contribution in [3.63, 3.8) is 0 Å². The number of anilines is 1. The fourth-order valence-corrected chi connectivity index (χ4v) is 6.63. The van der Waals surface area contributed by atoms with Crippen molar-refractivity contribution in [3.8, 4) is 16.9 Å². The molecule has 0 aliphatic carbocycles. The van der Waals surface area contributed by atoms with Gasteiger partial charge in [-0.1, -0.05) is 34.9 Å². The average molecular weight is 660 g/mol. The van der Waals surface area contributed by atoms with Crippen LogP contribution in [-0.4, -0.2) is 80.2 Å². The number of rotatable bonds is 9. The molecule has 0 bridgehead atoms. The number of nitrogens with zero attached hydrogens (tertiary/aromatic N) is 4. The van der Waals surface area contributed by atoms with Crippen molar-refractivity contribution < 1.29 is 23.3 Å². The Hall–Kier alpha value is -3.81. The summed E-state index contributed by atoms with van der Waals surface area (Å²) in [5.41, 5.74) is 0.465. The highest BCUT2D eigenvalue weighted by Crippen LogP contribution is 2.29. The molecule has 1 fully saturated rings. The summed E-state index contributed by atoms with van der Waals surface area (Å²) >= 11 is 5.06. The van der Waals surface area contributed by atoms with E-state index in [1.165, 1.54) is 24.6 Å². The minimum absolute atomic E-state index is 0.0194. The van der Waals surface area contributed by atoms with E-state index in [9.17, 15) is 28.1 Å². The van der Waals surface area contributed by atoms with Gasteiger partial charge in [0.15, 0.2) is 0 Å². The van der Waals surface area contributed by atoms with Gasteiger partial charge in [-0.25, -0.2) is 14.0 Å². The molecule has 0 spiro atoms. The highest BCUT2D eigenvalue weighted by atomic mass is 35.5. The predicted molar refractivity (Wildman–Crippen MR) is 171 cm³/mol. The van der Waals surface area contributed by atoms with Crippen LogP contribution in [0.2, 0.25) is 5.02 Å². The molecule has 1 aromatic heterocycles. The number of fused-ring (bicyclic) bond motifs is 1. The number of halogens is 2. The SMILES string of the molecule is COc1ccc2c(c1)CCN(C1CCN(C(=O)Cn3cc(-c4cccc(F)c4Cl)c(=O)n(CCC[S+](C)[O-])c3=O)CC1)C(=O)N2. The lowest BCUT2D eigenvalue weighted by Crippen LogP contribution is -2.51. The van der Waals surface area contributed by atoms with Gasteiger partial charge in [-0.2, -0.15) is 0 Å². The zero-order chi connectivity index (χ0) is 32.2. The molecule has 14 heteroatoms. The molecule has 3 heterocycles. The Morgan fingerprint density at radius 3 is 2.60 bits per heavy atom. The number of piperidine rings is 1. The summed E-state index contributed by atoms with van der Waals surface area (Å²) < 4.78 is 33.3. The van der Waals surface area contributed by atoms with E-state index in [2.05, 4.69) is 5.32 Å². The van der Waals surface area contributed by atoms with Crippen molar-refractivity contribution in [2.24, 2.45) is 0 Å². The van der Waals surface area contributed by atoms with E-state index < -0.39 is 28.2 Å². The minimum atomic E-state index is -1.13. The fourth-order valence-electron chi connectivity index (χ4n) is 5.86. The quantitative estimate of drug-likeness (QED) is 0.351. The van der Waals surface area contributed by atoms with E-state index >= 15 is 0 Å². The lowest BCUT2D eigenvalue weighted by molar-refractivity contribution is -0.133. The van der Waals surface area contributed by atoms with Gasteiger partial charge in [0.1, 0.15) is 23.9 Å². The molecule has 1 unspecified atom stereocenters. The van der Waals surface area contributed by atoms with Gasteiger partial charge in [0, 0.05) is 56.1 Å². The Labute approximate surface area is 267 Å². The van der Waals surface area contributed by atoms with Crippen LogP contribution >= 0.6 is 11.6 Å². The number of amides is 3. The lowest BCUT2D eigenvalue weighted by atomic mass is 10.0. The molecular weight excluding hydrogens is 625 g/mol. The number of ether oxygens (including phenoxy) is 1. The normalized spacial score (nSPS) is 16.2. The molecule has 0 radical (unpaired) electrons. The smallest absolute Gasteiger partial charge is 0.331 e. The summed E-state index contributed by atoms with van der Waals surface area (Å²) in [5, 5.41) is 2.72. The van der Waals surface area contributed by atoms with Crippen LogP contribution < -0.4 is 21.3 Å². The summed E-state index contributed by atoms with van der Waals surface area (Å²) in [6.07, 6.45) is 4.86. The molecule has 1 saturated heterocycles. The molecule has 2 aromatic carbocycles. The Morgan fingerprint density at radius 2 is 1.89 bits per heavy atom. The first-order valence-corrected chi connectivity index (χ1v) is 16.8. The highest BCUT2D eigenvalue weighted by molar-refractivity contribution is 7.90. The Balaban J connectivity index is 1.31. The van der Waals surface area contributed by atoms with Crippen LogP contribution in [0.25, 0.3) is 11.1 Å². The van der Waals surface area contributed by atoms with Gasteiger partial charge in [-0.05, 0) is 49.1 Å². The van der Waals surface area contributed by atoms with Crippen molar-refractivity contribution in [1.82, 2.24) is 18.9 Å². The average Bonchev–Trinajstić information content (AvgIpc) is 3.19. The second kappa shape index (κ2) is 14.1. The summed E-state index contributed by atoms with van der Waals surface area (Å²) in [6, 6.07) is 9.35. The standard InChI is InChI=1S/C31H35ClFN5O6S/c1-44-22-7-8-26-20(17-22)9-15-37(30(41)34-26)21-10-13-35(14-11-21)27(39)19-36-18-24(23-5-3-6-25(33)28(23)32)29(40)38(31(36)42)12-4-16-45(2)43/h3,5-8,17-18,21H,4,9-16,19H2,1-2H3,(H,34,41). The summed E-state index contributed by atoms with van der Waals surface area (Å²) in [4.78, 5) is 56.7. The maximum absolute atomic E-state index is 14.3. The molecular formula is C31H35ClFN5O6S. The highest BCUT2D eigenvalue weighted by Gasteiger charge is 2.32. The van der Waals surface area contributed by atoms with Crippen LogP contribution in [0.3, 0.4) is 0 Å². The van der Waals surface area contributed by atoms with Crippen molar-refractivity contribution >= 4 is 40.4 Å². The van der Waals surface area contributed by atoms with Crippen molar-refractivity contribution in [1.29, 1.82) is 0 Å². The summed E-state index contributed by atoms with van der Waals surface area (Å²) in [6.45, 7) is 0.927. The van der Waals surface area contributed by atoms with Gasteiger partial charge in [-0.3, -0.25) is 18.7 Å². The minimum Gasteiger partial charge on any atom is -0.617 e. The molecule has 11 nitrogen and oxygen atoms in total. The Kier molecular flexibility index (Phi) is 10.2. The maximum Gasteiger partial charge on any atom is 0.331 e. The lowest BCUT2D eigenvalue weighted by Gasteiger charge is -2.38. The largest absolute Gasteiger partial charge is 0.617 e. The topological polar surface area (TPSA) is 129 Å². The van der Waals surface area contributed by atoms with Crippen molar-refractivity contribution in [2.75, 3.05) is 44.1 Å². The second-order valence-corrected chi connectivity index (χ2v) is 13.1. The third kappa shape index (κ3) is 7.21. The first-order valence-electron chi connectivity index (χ1n) is 14.7. The van der Waals surface area contributed by atoms with Gasteiger partial charge in [-0.15, -0.1) is 0 Å². The molecule has 240 valence electrons. The summed E-state index contributed by atoms with van der Waals surface area (Å²) in [7, 11) is 1.60. The van der Waals surface area contributed by atoms with E-state index in [0.29, 0.717) is 45.3 Å². The molecule has 0 saturated carbocycles. The molecule has 1 N–H and O–H groups in total. The maximum atomic E-state index is 14.3. The number of aromatic nitrogens is 2. The number of methoxy groups -OCH3 is 1. The third-order valence-electron chi connectivity index (χ3n) is 8.29. The van der Waals surface area contributed by atoms with E-state index in [4.69, 9.17) is 16.3 Å². The number of carbonyl (C=O) groups excluding carboxylic acids is 2. The number of hydrogen-bond donors (Lipinski definition) is 1. The molecule has 3 amide bonds. The van der Waals surface area contributed by atoms with Gasteiger partial charge in [0.05, 0.1) is 24.0 Å². The van der Waals surface area contributed by atoms with Crippen molar-refractivity contribution in [2.45, 2.75) is 44.8 Å². The second-order valence-electron chi connectivity index (χ2n) is 11.2. The van der Waals surface area contributed by atoms with E-state index in [1.807, 2.05) is 17.0 Å². The van der Waals surface area contributed by atoms with Crippen LogP contribution in [0.4, 0.5) is 14.9 Å². The number of nitrogens with one attached hydrogen (secondary N) is 1. The van der Waals surface area contributed by atoms with Gasteiger partial charge >= 0.3 is 11.7 Å².